The molecule has 0 radical (unpaired) electrons. The Morgan fingerprint density at radius 3 is 2.73 bits per heavy atom. The van der Waals surface area contributed by atoms with Gasteiger partial charge in [-0.15, -0.1) is 0 Å². The SMILES string of the molecule is O=C(NC12CC(n3cnc(-c4ccc(F)c(F)c4)c3)(C1)C2)[C@H]1C[C@@H](O)c2cc(Cl)ccc2O1. The van der Waals surface area contributed by atoms with Crippen molar-refractivity contribution in [3.05, 3.63) is 71.1 Å². The third-order valence-electron chi connectivity index (χ3n) is 7.07. The maximum absolute atomic E-state index is 13.6. The van der Waals surface area contributed by atoms with Gasteiger partial charge in [0.2, 0.25) is 0 Å². The van der Waals surface area contributed by atoms with Crippen LogP contribution in [0.3, 0.4) is 0 Å². The fourth-order valence-corrected chi connectivity index (χ4v) is 5.63. The molecule has 2 N–H and O–H groups in total. The number of amides is 1. The topological polar surface area (TPSA) is 76.4 Å². The van der Waals surface area contributed by atoms with Crippen molar-refractivity contribution in [1.29, 1.82) is 0 Å². The predicted molar refractivity (Wildman–Crippen MR) is 116 cm³/mol. The van der Waals surface area contributed by atoms with Crippen molar-refractivity contribution in [1.82, 2.24) is 14.9 Å². The molecule has 2 bridgehead atoms. The molecule has 2 aromatic carbocycles. The molecule has 170 valence electrons. The lowest BCUT2D eigenvalue weighted by molar-refractivity contribution is -0.161. The largest absolute Gasteiger partial charge is 0.480 e. The van der Waals surface area contributed by atoms with Crippen LogP contribution in [0.2, 0.25) is 5.02 Å². The molecule has 9 heteroatoms. The number of aliphatic hydroxyl groups is 1. The van der Waals surface area contributed by atoms with Crippen LogP contribution < -0.4 is 10.1 Å². The molecule has 4 aliphatic rings. The first kappa shape index (κ1) is 20.6. The molecule has 2 atom stereocenters. The molecule has 3 aromatic rings. The summed E-state index contributed by atoms with van der Waals surface area (Å²) in [7, 11) is 0. The van der Waals surface area contributed by atoms with E-state index in [9.17, 15) is 18.7 Å². The number of benzene rings is 2. The summed E-state index contributed by atoms with van der Waals surface area (Å²) in [5.74, 6) is -1.57. The van der Waals surface area contributed by atoms with Gasteiger partial charge >= 0.3 is 0 Å². The maximum Gasteiger partial charge on any atom is 0.261 e. The van der Waals surface area contributed by atoms with Crippen molar-refractivity contribution in [2.24, 2.45) is 0 Å². The maximum atomic E-state index is 13.6. The number of ether oxygens (including phenoxy) is 1. The van der Waals surface area contributed by atoms with E-state index in [0.717, 1.165) is 31.4 Å². The first-order valence-corrected chi connectivity index (χ1v) is 11.1. The summed E-state index contributed by atoms with van der Waals surface area (Å²) < 4.78 is 34.6. The van der Waals surface area contributed by atoms with Gasteiger partial charge in [-0.1, -0.05) is 11.6 Å². The first-order valence-electron chi connectivity index (χ1n) is 10.7. The van der Waals surface area contributed by atoms with E-state index in [-0.39, 0.29) is 23.4 Å². The molecule has 1 aliphatic heterocycles. The Labute approximate surface area is 193 Å². The highest BCUT2D eigenvalue weighted by atomic mass is 35.5. The van der Waals surface area contributed by atoms with E-state index in [1.807, 2.05) is 10.8 Å². The van der Waals surface area contributed by atoms with E-state index in [1.54, 1.807) is 24.5 Å². The summed E-state index contributed by atoms with van der Waals surface area (Å²) in [4.78, 5) is 17.2. The third-order valence-corrected chi connectivity index (χ3v) is 7.30. The molecule has 3 saturated carbocycles. The highest BCUT2D eigenvalue weighted by molar-refractivity contribution is 6.30. The van der Waals surface area contributed by atoms with Gasteiger partial charge < -0.3 is 19.7 Å². The fraction of sp³-hybridized carbons (Fsp3) is 0.333. The van der Waals surface area contributed by atoms with Crippen molar-refractivity contribution in [2.75, 3.05) is 0 Å². The Morgan fingerprint density at radius 2 is 1.97 bits per heavy atom. The summed E-state index contributed by atoms with van der Waals surface area (Å²) in [6.45, 7) is 0. The first-order chi connectivity index (χ1) is 15.8. The highest BCUT2D eigenvalue weighted by Crippen LogP contribution is 2.65. The van der Waals surface area contributed by atoms with Gasteiger partial charge in [-0.05, 0) is 55.7 Å². The molecule has 2 heterocycles. The van der Waals surface area contributed by atoms with E-state index in [1.165, 1.54) is 6.07 Å². The third kappa shape index (κ3) is 3.23. The normalized spacial score (nSPS) is 29.3. The van der Waals surface area contributed by atoms with Crippen LogP contribution in [0.4, 0.5) is 8.78 Å². The van der Waals surface area contributed by atoms with Crippen LogP contribution in [0, 0.1) is 11.6 Å². The minimum atomic E-state index is -0.907. The van der Waals surface area contributed by atoms with E-state index >= 15 is 0 Å². The minimum Gasteiger partial charge on any atom is -0.480 e. The van der Waals surface area contributed by atoms with Crippen molar-refractivity contribution in [2.45, 2.75) is 49.0 Å². The molecule has 0 unspecified atom stereocenters. The van der Waals surface area contributed by atoms with Gasteiger partial charge in [-0.2, -0.15) is 0 Å². The van der Waals surface area contributed by atoms with E-state index in [2.05, 4.69) is 10.3 Å². The number of halogens is 3. The van der Waals surface area contributed by atoms with Crippen molar-refractivity contribution in [3.8, 4) is 17.0 Å². The number of nitrogens with zero attached hydrogens (tertiary/aromatic N) is 2. The number of nitrogens with one attached hydrogen (secondary N) is 1. The molecule has 0 saturated heterocycles. The van der Waals surface area contributed by atoms with Crippen LogP contribution in [0.25, 0.3) is 11.3 Å². The lowest BCUT2D eigenvalue weighted by Crippen LogP contribution is -2.79. The van der Waals surface area contributed by atoms with Crippen LogP contribution in [0.1, 0.15) is 37.4 Å². The zero-order valence-corrected chi connectivity index (χ0v) is 18.1. The van der Waals surface area contributed by atoms with Crippen LogP contribution in [0.15, 0.2) is 48.9 Å². The minimum absolute atomic E-state index is 0.132. The quantitative estimate of drug-likeness (QED) is 0.600. The zero-order valence-electron chi connectivity index (χ0n) is 17.4. The van der Waals surface area contributed by atoms with Gasteiger partial charge in [0.25, 0.3) is 5.91 Å². The second-order valence-electron chi connectivity index (χ2n) is 9.36. The number of rotatable bonds is 4. The van der Waals surface area contributed by atoms with Crippen molar-refractivity contribution in [3.63, 3.8) is 0 Å². The Bertz CT molecular complexity index is 1270. The molecular formula is C24H20ClF2N3O3. The fourth-order valence-electron chi connectivity index (χ4n) is 5.45. The molecule has 1 aromatic heterocycles. The van der Waals surface area contributed by atoms with Crippen molar-refractivity contribution < 1.29 is 23.4 Å². The Balaban J connectivity index is 1.11. The van der Waals surface area contributed by atoms with Gasteiger partial charge in [-0.3, -0.25) is 4.79 Å². The second kappa shape index (κ2) is 7.01. The van der Waals surface area contributed by atoms with Gasteiger partial charge in [0.1, 0.15) is 5.75 Å². The average molecular weight is 472 g/mol. The van der Waals surface area contributed by atoms with E-state index in [4.69, 9.17) is 16.3 Å². The molecule has 7 rings (SSSR count). The molecule has 3 fully saturated rings. The molecule has 0 spiro atoms. The smallest absolute Gasteiger partial charge is 0.261 e. The van der Waals surface area contributed by atoms with Crippen LogP contribution in [-0.4, -0.2) is 32.2 Å². The lowest BCUT2D eigenvalue weighted by atomic mass is 9.44. The number of imidazole rings is 1. The standard InChI is InChI=1S/C24H20ClF2N3O3/c25-14-2-4-20-15(6-14)19(31)7-21(33-20)22(32)29-23-9-24(10-23,11-23)30-8-18(28-12-30)13-1-3-16(26)17(27)5-13/h1-6,8,12,19,21,31H,7,9-11H2,(H,29,32)/t19-,21-,23?,24?/m1/s1. The van der Waals surface area contributed by atoms with Gasteiger partial charge in [0.15, 0.2) is 17.7 Å². The monoisotopic (exact) mass is 471 g/mol. The predicted octanol–water partition coefficient (Wildman–Crippen LogP) is 4.11. The van der Waals surface area contributed by atoms with Crippen LogP contribution in [-0.2, 0) is 10.3 Å². The summed E-state index contributed by atoms with van der Waals surface area (Å²) in [6, 6.07) is 8.71. The van der Waals surface area contributed by atoms with Crippen molar-refractivity contribution >= 4 is 17.5 Å². The molecule has 33 heavy (non-hydrogen) atoms. The highest BCUT2D eigenvalue weighted by Gasteiger charge is 2.70. The Hall–Kier alpha value is -2.97. The second-order valence-corrected chi connectivity index (χ2v) is 9.80. The zero-order chi connectivity index (χ0) is 23.0. The number of aromatic nitrogens is 2. The van der Waals surface area contributed by atoms with Gasteiger partial charge in [0, 0.05) is 34.3 Å². The van der Waals surface area contributed by atoms with E-state index < -0.39 is 23.8 Å². The number of aliphatic hydroxyl groups excluding tert-OH is 1. The summed E-state index contributed by atoms with van der Waals surface area (Å²) in [5.41, 5.74) is 1.25. The number of carbonyl (C=O) groups excluding carboxylic acids is 1. The number of fused-ring (bicyclic) bond motifs is 1. The Morgan fingerprint density at radius 1 is 1.18 bits per heavy atom. The number of hydrogen-bond acceptors (Lipinski definition) is 4. The summed E-state index contributed by atoms with van der Waals surface area (Å²) in [5, 5.41) is 14.0. The molecule has 1 amide bonds. The molecule has 3 aliphatic carbocycles. The van der Waals surface area contributed by atoms with Crippen LogP contribution in [0.5, 0.6) is 5.75 Å². The summed E-state index contributed by atoms with van der Waals surface area (Å²) >= 11 is 5.99. The number of hydrogen-bond donors (Lipinski definition) is 2. The van der Waals surface area contributed by atoms with Crippen LogP contribution >= 0.6 is 11.6 Å². The average Bonchev–Trinajstić information content (AvgIpc) is 3.21. The van der Waals surface area contributed by atoms with E-state index in [0.29, 0.717) is 27.6 Å². The Kier molecular flexibility index (Phi) is 4.38. The summed E-state index contributed by atoms with van der Waals surface area (Å²) in [6.07, 6.45) is 4.36. The van der Waals surface area contributed by atoms with Gasteiger partial charge in [0.05, 0.1) is 23.7 Å². The molecular weight excluding hydrogens is 452 g/mol. The number of carbonyl (C=O) groups is 1. The lowest BCUT2D eigenvalue weighted by Gasteiger charge is -2.70. The van der Waals surface area contributed by atoms with Gasteiger partial charge in [-0.25, -0.2) is 13.8 Å². The molecule has 6 nitrogen and oxygen atoms in total.